The van der Waals surface area contributed by atoms with E-state index >= 15 is 0 Å². The Bertz CT molecular complexity index is 1630. The standard InChI is InChI=1S/C47H73NO16/c1-28-17-15-13-11-9-7-5-6-8-10-12-14-16-18-35(63-46-44(57)41(48)43(56)31(4)62-46)26-39-36(45(58)59)21-22-47(60,64-39)27-34(51)24-38(53)37(52)20-19-32(49)23-33(50)25-40(54)61-30(3)29(2)42(28)55/h5-18,28-39,41-44,46,49-53,55-57,60H,19-27,48H2,1-4H3,(H,58,59)/b6-5+,9-7+,10-8+,13-11+,14-12+,17-15+,18-16+/t28-,29-,30-,31?,32+,33+,34-,35-,36+,37+,38+,39?,41?,42+,43?,44?,46?,47-/m0/s1. The molecule has 0 saturated carbocycles. The first-order chi connectivity index (χ1) is 30.2. The van der Waals surface area contributed by atoms with Crippen LogP contribution >= 0.6 is 0 Å². The number of fused-ring (bicyclic) bond motifs is 2. The molecule has 2 bridgehead atoms. The van der Waals surface area contributed by atoms with Gasteiger partial charge in [-0.25, -0.2) is 0 Å². The van der Waals surface area contributed by atoms with Crippen molar-refractivity contribution in [1.29, 1.82) is 0 Å². The summed E-state index contributed by atoms with van der Waals surface area (Å²) in [6, 6.07) is -1.10. The molecule has 0 aliphatic carbocycles. The highest BCUT2D eigenvalue weighted by molar-refractivity contribution is 5.71. The molecular weight excluding hydrogens is 835 g/mol. The lowest BCUT2D eigenvalue weighted by Crippen LogP contribution is -2.61. The zero-order valence-electron chi connectivity index (χ0n) is 37.3. The number of carboxylic acid groups (broad SMARTS) is 1. The van der Waals surface area contributed by atoms with Crippen molar-refractivity contribution >= 4 is 11.9 Å². The largest absolute Gasteiger partial charge is 0.481 e. The normalized spacial score (nSPS) is 44.8. The lowest BCUT2D eigenvalue weighted by molar-refractivity contribution is -0.295. The zero-order valence-corrected chi connectivity index (χ0v) is 37.3. The van der Waals surface area contributed by atoms with E-state index in [1.807, 2.05) is 43.4 Å². The number of cyclic esters (lactones) is 1. The van der Waals surface area contributed by atoms with Gasteiger partial charge in [0.05, 0.1) is 79.4 Å². The van der Waals surface area contributed by atoms with Crippen molar-refractivity contribution in [3.8, 4) is 0 Å². The molecule has 3 rings (SSSR count). The monoisotopic (exact) mass is 907 g/mol. The molecule has 0 radical (unpaired) electrons. The summed E-state index contributed by atoms with van der Waals surface area (Å²) in [5.41, 5.74) is 6.03. The minimum atomic E-state index is -2.05. The maximum Gasteiger partial charge on any atom is 0.309 e. The Hall–Kier alpha value is -3.40. The van der Waals surface area contributed by atoms with Gasteiger partial charge in [-0.2, -0.15) is 0 Å². The number of rotatable bonds is 3. The van der Waals surface area contributed by atoms with Crippen LogP contribution in [-0.2, 0) is 28.5 Å². The topological polar surface area (TPSA) is 299 Å². The van der Waals surface area contributed by atoms with E-state index in [0.717, 1.165) is 0 Å². The van der Waals surface area contributed by atoms with Crippen LogP contribution in [0.5, 0.6) is 0 Å². The summed E-state index contributed by atoms with van der Waals surface area (Å²) in [5.74, 6) is -5.78. The number of aliphatic carboxylic acids is 1. The molecule has 362 valence electrons. The summed E-state index contributed by atoms with van der Waals surface area (Å²) >= 11 is 0. The van der Waals surface area contributed by atoms with E-state index < -0.39 is 134 Å². The van der Waals surface area contributed by atoms with Crippen LogP contribution in [0.2, 0.25) is 0 Å². The number of carboxylic acids is 1. The summed E-state index contributed by atoms with van der Waals surface area (Å²) in [4.78, 5) is 25.0. The van der Waals surface area contributed by atoms with Crippen LogP contribution in [0.25, 0.3) is 0 Å². The van der Waals surface area contributed by atoms with Crippen LogP contribution in [0.15, 0.2) is 85.1 Å². The molecule has 6 unspecified atom stereocenters. The third kappa shape index (κ3) is 18.5. The van der Waals surface area contributed by atoms with Crippen molar-refractivity contribution in [2.75, 3.05) is 0 Å². The van der Waals surface area contributed by atoms with Gasteiger partial charge in [-0.1, -0.05) is 98.9 Å². The molecule has 2 fully saturated rings. The molecule has 0 spiro atoms. The van der Waals surface area contributed by atoms with E-state index in [1.54, 1.807) is 69.4 Å². The number of esters is 1. The van der Waals surface area contributed by atoms with Crippen molar-refractivity contribution in [2.45, 2.75) is 177 Å². The molecule has 0 aromatic carbocycles. The highest BCUT2D eigenvalue weighted by Crippen LogP contribution is 2.38. The average Bonchev–Trinajstić information content (AvgIpc) is 3.22. The number of ether oxygens (including phenoxy) is 4. The maximum absolute atomic E-state index is 12.6. The zero-order chi connectivity index (χ0) is 47.6. The maximum atomic E-state index is 12.6. The Kier molecular flexibility index (Phi) is 23.4. The molecule has 0 amide bonds. The van der Waals surface area contributed by atoms with Gasteiger partial charge in [-0.3, -0.25) is 9.59 Å². The Balaban J connectivity index is 1.83. The third-order valence-electron chi connectivity index (χ3n) is 12.0. The number of hydrogen-bond donors (Lipinski definition) is 11. The molecular formula is C47H73NO16. The van der Waals surface area contributed by atoms with Gasteiger partial charge in [0.25, 0.3) is 0 Å². The quantitative estimate of drug-likeness (QED) is 0.180. The molecule has 0 aromatic rings. The molecule has 17 heteroatoms. The highest BCUT2D eigenvalue weighted by Gasteiger charge is 2.47. The number of allylic oxidation sites excluding steroid dienone is 12. The lowest BCUT2D eigenvalue weighted by atomic mass is 9.85. The molecule has 18 atom stereocenters. The number of aliphatic hydroxyl groups excluding tert-OH is 8. The molecule has 0 aromatic heterocycles. The average molecular weight is 908 g/mol. The van der Waals surface area contributed by atoms with Gasteiger partial charge in [0.2, 0.25) is 0 Å². The lowest BCUT2D eigenvalue weighted by Gasteiger charge is -2.43. The van der Waals surface area contributed by atoms with Crippen molar-refractivity contribution in [3.63, 3.8) is 0 Å². The van der Waals surface area contributed by atoms with E-state index in [1.165, 1.54) is 0 Å². The minimum Gasteiger partial charge on any atom is -0.481 e. The Labute approximate surface area is 376 Å². The summed E-state index contributed by atoms with van der Waals surface area (Å²) in [7, 11) is 0. The van der Waals surface area contributed by atoms with Gasteiger partial charge in [-0.15, -0.1) is 0 Å². The van der Waals surface area contributed by atoms with E-state index in [9.17, 15) is 60.7 Å². The van der Waals surface area contributed by atoms with Crippen LogP contribution in [0, 0.1) is 17.8 Å². The van der Waals surface area contributed by atoms with E-state index in [2.05, 4.69) is 0 Å². The molecule has 17 nitrogen and oxygen atoms in total. The van der Waals surface area contributed by atoms with Gasteiger partial charge in [-0.05, 0) is 39.5 Å². The number of aliphatic hydroxyl groups is 9. The van der Waals surface area contributed by atoms with Gasteiger partial charge in [0.15, 0.2) is 12.1 Å². The minimum absolute atomic E-state index is 0.0514. The SMILES string of the molecule is CC1OC(O[C@H]2/C=C/C=C/C=C/C=C/C=C/C=C/C=C/[C@H](C)[C@@H](O)[C@@H](C)[C@H](C)OC(=O)C[C@H](O)C[C@H](O)CC[C@@H](O)[C@H](O)C[C@H](O)C[C@]3(O)CC[C@@H](C(=O)O)C(C2)O3)C(O)C(N)C1O. The Morgan fingerprint density at radius 1 is 0.688 bits per heavy atom. The fraction of sp³-hybridized carbons (Fsp3) is 0.660. The van der Waals surface area contributed by atoms with Crippen LogP contribution < -0.4 is 5.73 Å². The van der Waals surface area contributed by atoms with Crippen molar-refractivity contribution in [2.24, 2.45) is 23.5 Å². The first kappa shape index (κ1) is 54.9. The van der Waals surface area contributed by atoms with Crippen LogP contribution in [-0.4, -0.2) is 154 Å². The summed E-state index contributed by atoms with van der Waals surface area (Å²) < 4.78 is 23.3. The first-order valence-electron chi connectivity index (χ1n) is 22.2. The molecule has 3 heterocycles. The predicted molar refractivity (Wildman–Crippen MR) is 236 cm³/mol. The number of carbonyl (C=O) groups excluding carboxylic acids is 1. The molecule has 64 heavy (non-hydrogen) atoms. The van der Waals surface area contributed by atoms with Gasteiger partial charge >= 0.3 is 11.9 Å². The molecule has 12 N–H and O–H groups in total. The van der Waals surface area contributed by atoms with E-state index in [0.29, 0.717) is 0 Å². The predicted octanol–water partition coefficient (Wildman–Crippen LogP) is 1.74. The van der Waals surface area contributed by atoms with Crippen molar-refractivity contribution in [3.05, 3.63) is 85.1 Å². The summed E-state index contributed by atoms with van der Waals surface area (Å²) in [5, 5.41) is 107. The third-order valence-corrected chi connectivity index (χ3v) is 12.0. The smallest absolute Gasteiger partial charge is 0.309 e. The van der Waals surface area contributed by atoms with E-state index in [4.69, 9.17) is 24.7 Å². The summed E-state index contributed by atoms with van der Waals surface area (Å²) in [6.45, 7) is 6.80. The highest BCUT2D eigenvalue weighted by atomic mass is 16.7. The van der Waals surface area contributed by atoms with Crippen LogP contribution in [0.1, 0.15) is 85.5 Å². The Morgan fingerprint density at radius 3 is 1.86 bits per heavy atom. The first-order valence-corrected chi connectivity index (χ1v) is 22.2. The van der Waals surface area contributed by atoms with Gasteiger partial charge < -0.3 is 75.7 Å². The number of nitrogens with two attached hydrogens (primary N) is 1. The van der Waals surface area contributed by atoms with Gasteiger partial charge in [0, 0.05) is 37.5 Å². The molecule has 3 aliphatic heterocycles. The Morgan fingerprint density at radius 2 is 1.27 bits per heavy atom. The second kappa shape index (κ2) is 27.3. The second-order valence-corrected chi connectivity index (χ2v) is 17.4. The van der Waals surface area contributed by atoms with Crippen LogP contribution in [0.4, 0.5) is 0 Å². The van der Waals surface area contributed by atoms with Gasteiger partial charge in [0.1, 0.15) is 12.2 Å². The fourth-order valence-electron chi connectivity index (χ4n) is 7.85. The second-order valence-electron chi connectivity index (χ2n) is 17.4. The number of carbonyl (C=O) groups is 2. The van der Waals surface area contributed by atoms with Crippen LogP contribution in [0.3, 0.4) is 0 Å². The van der Waals surface area contributed by atoms with E-state index in [-0.39, 0.29) is 44.4 Å². The molecule has 3 aliphatic rings. The van der Waals surface area contributed by atoms with Crippen molar-refractivity contribution < 1.29 is 79.6 Å². The molecule has 2 saturated heterocycles. The number of hydrogen-bond acceptors (Lipinski definition) is 16. The van der Waals surface area contributed by atoms with Crippen molar-refractivity contribution in [1.82, 2.24) is 0 Å². The summed E-state index contributed by atoms with van der Waals surface area (Å²) in [6.07, 6.45) is 7.42. The fourth-order valence-corrected chi connectivity index (χ4v) is 7.85.